The van der Waals surface area contributed by atoms with Gasteiger partial charge >= 0.3 is 0 Å². The Kier molecular flexibility index (Phi) is 5.26. The summed E-state index contributed by atoms with van der Waals surface area (Å²) in [7, 11) is 2.23. The minimum Gasteiger partial charge on any atom is -0.452 e. The zero-order chi connectivity index (χ0) is 21.4. The Balaban J connectivity index is 1.18. The molecule has 1 spiro atoms. The van der Waals surface area contributed by atoms with E-state index in [1.54, 1.807) is 29.2 Å². The molecule has 3 heterocycles. The lowest BCUT2D eigenvalue weighted by atomic mass is 9.56. The van der Waals surface area contributed by atoms with Crippen molar-refractivity contribution in [3.05, 3.63) is 59.8 Å². The van der Waals surface area contributed by atoms with Gasteiger partial charge in [0.15, 0.2) is 11.6 Å². The van der Waals surface area contributed by atoms with E-state index in [4.69, 9.17) is 4.74 Å². The monoisotopic (exact) mass is 418 g/mol. The highest BCUT2D eigenvalue weighted by molar-refractivity contribution is 5.67. The highest BCUT2D eigenvalue weighted by atomic mass is 16.5. The highest BCUT2D eigenvalue weighted by Gasteiger charge is 2.53. The third-order valence-electron chi connectivity index (χ3n) is 7.16. The van der Waals surface area contributed by atoms with Crippen LogP contribution in [-0.2, 0) is 4.79 Å². The summed E-state index contributed by atoms with van der Waals surface area (Å²) in [6, 6.07) is 0. The third-order valence-corrected chi connectivity index (χ3v) is 7.16. The topological polar surface area (TPSA) is 58.6 Å². The number of nitrogens with zero attached hydrogens (tertiary/aromatic N) is 4. The highest BCUT2D eigenvalue weighted by Crippen LogP contribution is 2.55. The molecule has 1 saturated carbocycles. The fraction of sp³-hybridized carbons (Fsp3) is 0.480. The molecular formula is C25H30N4O2. The van der Waals surface area contributed by atoms with Crippen molar-refractivity contribution in [1.82, 2.24) is 14.9 Å². The molecule has 0 atom stereocenters. The summed E-state index contributed by atoms with van der Waals surface area (Å²) in [6.07, 6.45) is 15.6. The number of carbonyl (C=O) groups is 1. The number of hydrogen-bond donors (Lipinski definition) is 0. The first kappa shape index (κ1) is 20.2. The maximum atomic E-state index is 10.8. The molecule has 0 unspecified atom stereocenters. The number of carbonyl (C=O) groups excluding carboxylic acids is 1. The molecule has 0 aromatic carbocycles. The van der Waals surface area contributed by atoms with Gasteiger partial charge in [-0.25, -0.2) is 9.97 Å². The van der Waals surface area contributed by atoms with Crippen LogP contribution in [0, 0.1) is 11.3 Å². The van der Waals surface area contributed by atoms with Crippen LogP contribution in [0.15, 0.2) is 59.8 Å². The summed E-state index contributed by atoms with van der Waals surface area (Å²) in [5.41, 5.74) is 5.38. The molecule has 5 rings (SSSR count). The second-order valence-corrected chi connectivity index (χ2v) is 9.58. The quantitative estimate of drug-likeness (QED) is 0.291. The van der Waals surface area contributed by atoms with Crippen LogP contribution in [0.5, 0.6) is 5.75 Å². The van der Waals surface area contributed by atoms with Gasteiger partial charge in [-0.1, -0.05) is 18.2 Å². The summed E-state index contributed by atoms with van der Waals surface area (Å²) in [5, 5.41) is 0. The molecule has 0 N–H and O–H groups in total. The maximum Gasteiger partial charge on any atom is 0.188 e. The lowest BCUT2D eigenvalue weighted by Crippen LogP contribution is -2.62. The Bertz CT molecular complexity index is 979. The molecule has 0 radical (unpaired) electrons. The Morgan fingerprint density at radius 3 is 2.97 bits per heavy atom. The fourth-order valence-corrected chi connectivity index (χ4v) is 5.92. The van der Waals surface area contributed by atoms with Crippen LogP contribution >= 0.6 is 0 Å². The molecule has 6 nitrogen and oxygen atoms in total. The van der Waals surface area contributed by atoms with Gasteiger partial charge in [0.1, 0.15) is 18.4 Å². The third kappa shape index (κ3) is 3.85. The molecule has 1 aromatic rings. The molecule has 1 aromatic heterocycles. The minimum atomic E-state index is 0.400. The van der Waals surface area contributed by atoms with Crippen molar-refractivity contribution < 1.29 is 9.53 Å². The number of hydrogen-bond acceptors (Lipinski definition) is 6. The lowest BCUT2D eigenvalue weighted by Gasteiger charge is -2.60. The molecule has 162 valence electrons. The molecule has 0 bridgehead atoms. The summed E-state index contributed by atoms with van der Waals surface area (Å²) >= 11 is 0. The van der Waals surface area contributed by atoms with Crippen molar-refractivity contribution >= 4 is 12.1 Å². The molecule has 31 heavy (non-hydrogen) atoms. The molecule has 2 fully saturated rings. The number of ether oxygens (including phenoxy) is 1. The number of rotatable bonds is 7. The second-order valence-electron chi connectivity index (χ2n) is 9.58. The summed E-state index contributed by atoms with van der Waals surface area (Å²) < 4.78 is 5.81. The first-order chi connectivity index (χ1) is 15.1. The van der Waals surface area contributed by atoms with Crippen LogP contribution in [0.2, 0.25) is 0 Å². The SMILES string of the molecule is C=C/C(=C/C=O)Oc1cncnc1N1CC2(CC(CC3=CCCC4=C3CN(C)C4)C2)C1. The van der Waals surface area contributed by atoms with Crippen molar-refractivity contribution in [2.45, 2.75) is 32.1 Å². The standard InChI is InChI=1S/C25H30N4O2/c1-3-21(7-8-30)31-23-12-26-17-27-24(23)29-15-25(16-29)10-18(11-25)9-19-5-4-6-20-13-28(2)14-22(19)20/h3,5,7-8,12,17-18H,1,4,6,9-11,13-16H2,2H3/b21-7-. The number of aromatic nitrogens is 2. The van der Waals surface area contributed by atoms with Gasteiger partial charge in [0.05, 0.1) is 6.20 Å². The van der Waals surface area contributed by atoms with Crippen LogP contribution in [0.4, 0.5) is 5.82 Å². The Hall–Kier alpha value is -2.73. The van der Waals surface area contributed by atoms with E-state index in [0.717, 1.165) is 37.9 Å². The maximum absolute atomic E-state index is 10.8. The van der Waals surface area contributed by atoms with Crippen molar-refractivity contribution in [2.24, 2.45) is 11.3 Å². The number of likely N-dealkylation sites (N-methyl/N-ethyl adjacent to an activating group) is 1. The molecule has 4 aliphatic rings. The molecule has 2 aliphatic heterocycles. The van der Waals surface area contributed by atoms with E-state index in [-0.39, 0.29) is 0 Å². The van der Waals surface area contributed by atoms with Gasteiger partial charge in [-0.15, -0.1) is 0 Å². The van der Waals surface area contributed by atoms with Gasteiger partial charge in [0.25, 0.3) is 0 Å². The number of aldehydes is 1. The van der Waals surface area contributed by atoms with Crippen molar-refractivity contribution in [1.29, 1.82) is 0 Å². The van der Waals surface area contributed by atoms with Gasteiger partial charge in [0.2, 0.25) is 0 Å². The van der Waals surface area contributed by atoms with E-state index >= 15 is 0 Å². The fourth-order valence-electron chi connectivity index (χ4n) is 5.92. The van der Waals surface area contributed by atoms with Crippen LogP contribution < -0.4 is 9.64 Å². The van der Waals surface area contributed by atoms with Gasteiger partial charge in [-0.05, 0) is 62.3 Å². The average Bonchev–Trinajstić information content (AvgIpc) is 3.10. The first-order valence-electron chi connectivity index (χ1n) is 11.2. The number of anilines is 1. The van der Waals surface area contributed by atoms with Crippen LogP contribution in [0.3, 0.4) is 0 Å². The minimum absolute atomic E-state index is 0.400. The second kappa shape index (κ2) is 8.08. The van der Waals surface area contributed by atoms with Crippen LogP contribution in [0.25, 0.3) is 0 Å². The van der Waals surface area contributed by atoms with E-state index in [0.29, 0.717) is 23.2 Å². The predicted octanol–water partition coefficient (Wildman–Crippen LogP) is 3.69. The van der Waals surface area contributed by atoms with Gasteiger partial charge in [0, 0.05) is 37.7 Å². The summed E-state index contributed by atoms with van der Waals surface area (Å²) in [6.45, 7) is 8.00. The number of allylic oxidation sites excluding steroid dienone is 3. The zero-order valence-corrected chi connectivity index (χ0v) is 18.2. The van der Waals surface area contributed by atoms with Crippen molar-refractivity contribution in [3.63, 3.8) is 0 Å². The molecular weight excluding hydrogens is 388 g/mol. The van der Waals surface area contributed by atoms with Gasteiger partial charge in [-0.2, -0.15) is 0 Å². The zero-order valence-electron chi connectivity index (χ0n) is 18.2. The Morgan fingerprint density at radius 1 is 1.35 bits per heavy atom. The summed E-state index contributed by atoms with van der Waals surface area (Å²) in [5.74, 6) is 2.56. The lowest BCUT2D eigenvalue weighted by molar-refractivity contribution is -0.104. The molecule has 6 heteroatoms. The van der Waals surface area contributed by atoms with Crippen molar-refractivity contribution in [3.8, 4) is 5.75 Å². The molecule has 0 amide bonds. The smallest absolute Gasteiger partial charge is 0.188 e. The summed E-state index contributed by atoms with van der Waals surface area (Å²) in [4.78, 5) is 24.0. The van der Waals surface area contributed by atoms with E-state index < -0.39 is 0 Å². The van der Waals surface area contributed by atoms with Gasteiger partial charge in [-0.3, -0.25) is 9.69 Å². The van der Waals surface area contributed by atoms with Gasteiger partial charge < -0.3 is 9.64 Å². The van der Waals surface area contributed by atoms with E-state index in [2.05, 4.69) is 39.5 Å². The molecule has 1 saturated heterocycles. The van der Waals surface area contributed by atoms with Crippen LogP contribution in [0.1, 0.15) is 32.1 Å². The van der Waals surface area contributed by atoms with E-state index in [1.165, 1.54) is 44.3 Å². The molecule has 2 aliphatic carbocycles. The van der Waals surface area contributed by atoms with Crippen molar-refractivity contribution in [2.75, 3.05) is 38.1 Å². The normalized spacial score (nSPS) is 23.2. The Labute approximate surface area is 184 Å². The van der Waals surface area contributed by atoms with E-state index in [9.17, 15) is 4.79 Å². The Morgan fingerprint density at radius 2 is 2.19 bits per heavy atom. The van der Waals surface area contributed by atoms with E-state index in [1.807, 2.05) is 0 Å². The van der Waals surface area contributed by atoms with Crippen LogP contribution in [-0.4, -0.2) is 54.4 Å². The average molecular weight is 419 g/mol. The largest absolute Gasteiger partial charge is 0.452 e. The first-order valence-corrected chi connectivity index (χ1v) is 11.2. The predicted molar refractivity (Wildman–Crippen MR) is 121 cm³/mol.